The summed E-state index contributed by atoms with van der Waals surface area (Å²) in [5.41, 5.74) is 2.48. The number of tetrazole rings is 1. The van der Waals surface area contributed by atoms with Gasteiger partial charge in [0.25, 0.3) is 0 Å². The maximum absolute atomic E-state index is 12.4. The van der Waals surface area contributed by atoms with Crippen molar-refractivity contribution in [2.45, 2.75) is 53.0 Å². The van der Waals surface area contributed by atoms with Crippen molar-refractivity contribution in [3.05, 3.63) is 52.4 Å². The molecule has 8 heteroatoms. The van der Waals surface area contributed by atoms with Gasteiger partial charge in [-0.15, -0.1) is 10.2 Å². The quantitative estimate of drug-likeness (QED) is 0.552. The molecule has 2 atom stereocenters. The monoisotopic (exact) mass is 445 g/mol. The summed E-state index contributed by atoms with van der Waals surface area (Å²) in [5, 5.41) is 13.7. The molecule has 2 unspecified atom stereocenters. The Hall–Kier alpha value is -2.41. The molecule has 1 aromatic rings. The Labute approximate surface area is 189 Å². The molecule has 0 N–H and O–H groups in total. The minimum atomic E-state index is -0.298. The van der Waals surface area contributed by atoms with E-state index in [1.54, 1.807) is 9.70 Å². The van der Waals surface area contributed by atoms with Crippen molar-refractivity contribution in [2.75, 3.05) is 19.7 Å². The van der Waals surface area contributed by atoms with Crippen LogP contribution in [0.25, 0.3) is 0 Å². The smallest absolute Gasteiger partial charge is 0.409 e. The third-order valence-electron chi connectivity index (χ3n) is 5.55. The fourth-order valence-electron chi connectivity index (χ4n) is 3.63. The molecular weight excluding hydrogens is 414 g/mol. The van der Waals surface area contributed by atoms with Crippen molar-refractivity contribution in [2.24, 2.45) is 11.8 Å². The van der Waals surface area contributed by atoms with Gasteiger partial charge in [-0.2, -0.15) is 4.80 Å². The van der Waals surface area contributed by atoms with E-state index in [-0.39, 0.29) is 6.09 Å². The average Bonchev–Trinajstić information content (AvgIpc) is 3.19. The zero-order valence-corrected chi connectivity index (χ0v) is 19.4. The Kier molecular flexibility index (Phi) is 8.46. The molecular formula is C23H32ClN5O2. The predicted molar refractivity (Wildman–Crippen MR) is 122 cm³/mol. The van der Waals surface area contributed by atoms with Crippen LogP contribution in [0.1, 0.15) is 45.9 Å². The molecule has 0 aromatic carbocycles. The van der Waals surface area contributed by atoms with Crippen LogP contribution in [0.4, 0.5) is 4.79 Å². The van der Waals surface area contributed by atoms with Crippen molar-refractivity contribution >= 4 is 17.7 Å². The van der Waals surface area contributed by atoms with Gasteiger partial charge in [0, 0.05) is 24.5 Å². The van der Waals surface area contributed by atoms with Crippen LogP contribution in [0.2, 0.25) is 0 Å². The lowest BCUT2D eigenvalue weighted by Crippen LogP contribution is -2.34. The van der Waals surface area contributed by atoms with Gasteiger partial charge in [0.1, 0.15) is 0 Å². The van der Waals surface area contributed by atoms with E-state index in [1.807, 2.05) is 19.1 Å². The van der Waals surface area contributed by atoms with Crippen LogP contribution in [0.15, 0.2) is 46.6 Å². The summed E-state index contributed by atoms with van der Waals surface area (Å²) < 4.78 is 5.24. The fourth-order valence-corrected chi connectivity index (χ4v) is 3.77. The van der Waals surface area contributed by atoms with Crippen LogP contribution in [-0.2, 0) is 17.7 Å². The lowest BCUT2D eigenvalue weighted by Gasteiger charge is -2.22. The number of carbonyl (C=O) groups excluding carboxylic acids is 1. The van der Waals surface area contributed by atoms with E-state index in [9.17, 15) is 4.79 Å². The molecule has 0 spiro atoms. The number of nitrogens with zero attached hydrogens (tertiary/aromatic N) is 5. The highest BCUT2D eigenvalue weighted by Crippen LogP contribution is 2.27. The summed E-state index contributed by atoms with van der Waals surface area (Å²) in [4.78, 5) is 15.7. The van der Waals surface area contributed by atoms with Gasteiger partial charge in [-0.3, -0.25) is 0 Å². The number of amides is 1. The number of aromatic nitrogens is 4. The number of ether oxygens (including phenoxy) is 1. The number of rotatable bonds is 9. The highest BCUT2D eigenvalue weighted by atomic mass is 35.5. The number of halogens is 1. The van der Waals surface area contributed by atoms with E-state index in [0.29, 0.717) is 50.3 Å². The number of carbonyl (C=O) groups is 1. The van der Waals surface area contributed by atoms with Crippen LogP contribution in [0.3, 0.4) is 0 Å². The second-order valence-electron chi connectivity index (χ2n) is 8.25. The SMILES string of the molecule is CCOC(=O)N(CCC1=CCC(C)C=C1)CCc1nnn(CC2=CC=C(Cl)C(C)C2)n1. The van der Waals surface area contributed by atoms with Crippen molar-refractivity contribution in [1.82, 2.24) is 25.1 Å². The molecule has 0 radical (unpaired) electrons. The van der Waals surface area contributed by atoms with Gasteiger partial charge >= 0.3 is 6.09 Å². The van der Waals surface area contributed by atoms with E-state index in [1.165, 1.54) is 11.1 Å². The van der Waals surface area contributed by atoms with Crippen molar-refractivity contribution in [1.29, 1.82) is 0 Å². The van der Waals surface area contributed by atoms with Gasteiger partial charge in [-0.1, -0.05) is 55.3 Å². The Balaban J connectivity index is 1.53. The van der Waals surface area contributed by atoms with E-state index in [4.69, 9.17) is 16.3 Å². The molecule has 0 saturated carbocycles. The summed E-state index contributed by atoms with van der Waals surface area (Å²) in [6.45, 7) is 8.18. The maximum Gasteiger partial charge on any atom is 0.409 e. The number of allylic oxidation sites excluding steroid dienone is 7. The molecule has 3 rings (SSSR count). The van der Waals surface area contributed by atoms with E-state index in [0.717, 1.165) is 24.3 Å². The largest absolute Gasteiger partial charge is 0.450 e. The Morgan fingerprint density at radius 2 is 2.10 bits per heavy atom. The summed E-state index contributed by atoms with van der Waals surface area (Å²) >= 11 is 6.16. The highest BCUT2D eigenvalue weighted by Gasteiger charge is 2.18. The zero-order chi connectivity index (χ0) is 22.2. The predicted octanol–water partition coefficient (Wildman–Crippen LogP) is 4.68. The molecule has 1 heterocycles. The van der Waals surface area contributed by atoms with Gasteiger partial charge in [-0.25, -0.2) is 4.79 Å². The van der Waals surface area contributed by atoms with Gasteiger partial charge in [0.2, 0.25) is 0 Å². The third-order valence-corrected chi connectivity index (χ3v) is 6.05. The van der Waals surface area contributed by atoms with Crippen LogP contribution in [0, 0.1) is 11.8 Å². The molecule has 2 aliphatic carbocycles. The van der Waals surface area contributed by atoms with Crippen molar-refractivity contribution < 1.29 is 9.53 Å². The second kappa shape index (κ2) is 11.3. The first-order valence-electron chi connectivity index (χ1n) is 11.0. The van der Waals surface area contributed by atoms with E-state index >= 15 is 0 Å². The first-order valence-corrected chi connectivity index (χ1v) is 11.4. The molecule has 1 aromatic heterocycles. The van der Waals surface area contributed by atoms with Crippen molar-refractivity contribution in [3.8, 4) is 0 Å². The summed E-state index contributed by atoms with van der Waals surface area (Å²) in [6.07, 6.45) is 13.6. The van der Waals surface area contributed by atoms with Gasteiger partial charge < -0.3 is 9.64 Å². The van der Waals surface area contributed by atoms with Crippen LogP contribution in [0.5, 0.6) is 0 Å². The van der Waals surface area contributed by atoms with Crippen LogP contribution >= 0.6 is 11.6 Å². The minimum Gasteiger partial charge on any atom is -0.450 e. The molecule has 2 aliphatic rings. The molecule has 0 fully saturated rings. The van der Waals surface area contributed by atoms with E-state index in [2.05, 4.69) is 47.5 Å². The molecule has 31 heavy (non-hydrogen) atoms. The molecule has 168 valence electrons. The molecule has 0 saturated heterocycles. The topological polar surface area (TPSA) is 73.1 Å². The maximum atomic E-state index is 12.4. The lowest BCUT2D eigenvalue weighted by molar-refractivity contribution is 0.108. The average molecular weight is 446 g/mol. The summed E-state index contributed by atoms with van der Waals surface area (Å²) in [7, 11) is 0. The summed E-state index contributed by atoms with van der Waals surface area (Å²) in [5.74, 6) is 1.53. The van der Waals surface area contributed by atoms with Crippen LogP contribution in [-0.4, -0.2) is 50.9 Å². The van der Waals surface area contributed by atoms with Gasteiger partial charge in [0.15, 0.2) is 5.82 Å². The minimum absolute atomic E-state index is 0.298. The molecule has 1 amide bonds. The second-order valence-corrected chi connectivity index (χ2v) is 8.69. The number of hydrogen-bond acceptors (Lipinski definition) is 5. The van der Waals surface area contributed by atoms with Gasteiger partial charge in [0.05, 0.1) is 13.2 Å². The normalized spacial score (nSPS) is 20.7. The van der Waals surface area contributed by atoms with Crippen LogP contribution < -0.4 is 0 Å². The zero-order valence-electron chi connectivity index (χ0n) is 18.6. The molecule has 7 nitrogen and oxygen atoms in total. The Morgan fingerprint density at radius 1 is 1.29 bits per heavy atom. The Morgan fingerprint density at radius 3 is 2.81 bits per heavy atom. The molecule has 0 aliphatic heterocycles. The fraction of sp³-hybridized carbons (Fsp3) is 0.565. The van der Waals surface area contributed by atoms with E-state index < -0.39 is 0 Å². The Bertz CT molecular complexity index is 886. The molecule has 0 bridgehead atoms. The first kappa shape index (κ1) is 23.3. The number of hydrogen-bond donors (Lipinski definition) is 0. The lowest BCUT2D eigenvalue weighted by atomic mass is 9.96. The van der Waals surface area contributed by atoms with Crippen molar-refractivity contribution in [3.63, 3.8) is 0 Å². The highest BCUT2D eigenvalue weighted by molar-refractivity contribution is 6.30. The third kappa shape index (κ3) is 7.06. The standard InChI is InChI=1S/C23H32ClN5O2/c1-4-31-23(30)28(13-11-19-7-5-17(2)6-8-19)14-12-22-25-27-29(26-22)16-20-9-10-21(24)18(3)15-20/h5,7-10,17-18H,4,6,11-16H2,1-3H3. The van der Waals surface area contributed by atoms with Gasteiger partial charge in [-0.05, 0) is 54.9 Å². The summed E-state index contributed by atoms with van der Waals surface area (Å²) in [6, 6.07) is 0. The first-order chi connectivity index (χ1) is 14.9.